The number of likely N-dealkylation sites (N-methyl/N-ethyl adjacent to an activating group) is 1. The number of benzene rings is 1. The number of ether oxygens (including phenoxy) is 5. The Kier molecular flexibility index (Phi) is 16.2. The van der Waals surface area contributed by atoms with E-state index in [-0.39, 0.29) is 30.6 Å². The number of aliphatic hydroxyl groups excluding tert-OH is 1. The third-order valence-electron chi connectivity index (χ3n) is 14.1. The lowest BCUT2D eigenvalue weighted by Crippen LogP contribution is -2.60. The fourth-order valence-corrected chi connectivity index (χ4v) is 10.7. The molecule has 0 bridgehead atoms. The number of aliphatic hydroxyl groups is 1. The van der Waals surface area contributed by atoms with Gasteiger partial charge in [0.25, 0.3) is 0 Å². The summed E-state index contributed by atoms with van der Waals surface area (Å²) in [6.07, 6.45) is 0.390. The zero-order valence-corrected chi connectivity index (χ0v) is 40.2. The van der Waals surface area contributed by atoms with Gasteiger partial charge in [-0.25, -0.2) is 15.6 Å². The molecule has 2 aromatic heterocycles. The number of aryl methyl sites for hydroxylation is 1. The molecular weight excluding hydrogens is 857 g/mol. The second kappa shape index (κ2) is 21.1. The fraction of sp³-hybridized carbons (Fsp3) is 0.696. The predicted molar refractivity (Wildman–Crippen MR) is 240 cm³/mol. The zero-order valence-electron chi connectivity index (χ0n) is 39.4. The molecule has 3 fully saturated rings. The van der Waals surface area contributed by atoms with Crippen LogP contribution in [0, 0.1) is 29.6 Å². The summed E-state index contributed by atoms with van der Waals surface area (Å²) in [6, 6.07) is 6.52. The third kappa shape index (κ3) is 10.9. The highest BCUT2D eigenvalue weighted by Crippen LogP contribution is 2.42. The van der Waals surface area contributed by atoms with Gasteiger partial charge < -0.3 is 33.7 Å². The molecule has 0 spiro atoms. The molecule has 4 heterocycles. The van der Waals surface area contributed by atoms with E-state index in [0.717, 1.165) is 34.1 Å². The highest BCUT2D eigenvalue weighted by Gasteiger charge is 2.60. The maximum absolute atomic E-state index is 14.4. The largest absolute Gasteiger partial charge is 0.494 e. The van der Waals surface area contributed by atoms with Crippen molar-refractivity contribution in [3.63, 3.8) is 0 Å². The molecule has 0 unspecified atom stereocenters. The number of amides is 1. The van der Waals surface area contributed by atoms with E-state index in [1.54, 1.807) is 41.5 Å². The number of rotatable bonds is 14. The topological polar surface area (TPSA) is 224 Å². The number of hydrogen-bond acceptors (Lipinski definition) is 17. The van der Waals surface area contributed by atoms with E-state index in [1.165, 1.54) is 25.6 Å². The lowest BCUT2D eigenvalue weighted by molar-refractivity contribution is -0.206. The molecule has 19 heteroatoms. The zero-order chi connectivity index (χ0) is 47.4. The Morgan fingerprint density at radius 1 is 1.02 bits per heavy atom. The number of hydrogen-bond donors (Lipinski definition) is 2. The number of carbonyl (C=O) groups is 4. The van der Waals surface area contributed by atoms with Crippen molar-refractivity contribution < 1.29 is 48.0 Å². The highest BCUT2D eigenvalue weighted by atomic mass is 32.1. The normalized spacial score (nSPS) is 34.0. The Bertz CT molecular complexity index is 2090. The highest BCUT2D eigenvalue weighted by molar-refractivity contribution is 7.03. The monoisotopic (exact) mass is 924 g/mol. The second-order valence-corrected chi connectivity index (χ2v) is 19.5. The van der Waals surface area contributed by atoms with Gasteiger partial charge in [-0.05, 0) is 95.2 Å². The van der Waals surface area contributed by atoms with E-state index < -0.39 is 83.2 Å². The number of carbonyl (C=O) groups excluding carboxylic acids is 4. The molecule has 3 aromatic rings. The van der Waals surface area contributed by atoms with Gasteiger partial charge in [0.2, 0.25) is 0 Å². The maximum atomic E-state index is 14.4. The van der Waals surface area contributed by atoms with Crippen LogP contribution in [0.4, 0.5) is 4.79 Å². The van der Waals surface area contributed by atoms with Crippen LogP contribution in [0.5, 0.6) is 5.75 Å². The molecule has 65 heavy (non-hydrogen) atoms. The van der Waals surface area contributed by atoms with Crippen LogP contribution in [0.3, 0.4) is 0 Å². The molecule has 3 N–H and O–H groups in total. The van der Waals surface area contributed by atoms with Crippen LogP contribution in [0.2, 0.25) is 0 Å². The summed E-state index contributed by atoms with van der Waals surface area (Å²) in [5.41, 5.74) is -0.0647. The molecule has 1 aromatic carbocycles. The Hall–Kier alpha value is -4.40. The van der Waals surface area contributed by atoms with Gasteiger partial charge in [0, 0.05) is 74.0 Å². The van der Waals surface area contributed by atoms with Gasteiger partial charge in [0.05, 0.1) is 36.2 Å². The van der Waals surface area contributed by atoms with Crippen LogP contribution in [0.1, 0.15) is 93.2 Å². The standard InChI is InChI=1S/C46H68N8O10S/c1-11-37-46(8)41(54(47)44(59)64-46)28(4)38(55)27(3)23-45(7,60-10)42(29(5)39(56)30(6)43(58)63-37)62-36-22-26(2)21-35(40(36)57)52(9)19-17-32-24-53(50-48-32)18-12-20-61-33-15-13-31(14-16-33)34-25-65-51-49-34/h13-16,24-30,35-37,40-42,57H,11-12,17-23,47H2,1-10H3/t26-,27-,28+,29+,30-,35+,36-,37-,40-,41-,42-,45-,46-/m1/s1. The number of fused-ring (bicyclic) bond motifs is 1. The smallest absolute Gasteiger partial charge is 0.425 e. The van der Waals surface area contributed by atoms with Gasteiger partial charge in [-0.15, -0.1) is 10.2 Å². The average Bonchev–Trinajstić information content (AvgIpc) is 4.05. The van der Waals surface area contributed by atoms with Crippen LogP contribution in [-0.2, 0) is 46.3 Å². The van der Waals surface area contributed by atoms with Gasteiger partial charge in [0.15, 0.2) is 11.4 Å². The van der Waals surface area contributed by atoms with Crippen molar-refractivity contribution in [3.05, 3.63) is 41.5 Å². The Balaban J connectivity index is 1.12. The van der Waals surface area contributed by atoms with Gasteiger partial charge in [0.1, 0.15) is 35.3 Å². The number of methoxy groups -OCH3 is 1. The Morgan fingerprint density at radius 3 is 2.40 bits per heavy atom. The maximum Gasteiger partial charge on any atom is 0.425 e. The number of esters is 1. The van der Waals surface area contributed by atoms with Gasteiger partial charge >= 0.3 is 12.1 Å². The van der Waals surface area contributed by atoms with E-state index in [4.69, 9.17) is 29.5 Å². The minimum absolute atomic E-state index is 0.129. The van der Waals surface area contributed by atoms with Crippen LogP contribution in [0.15, 0.2) is 35.8 Å². The molecule has 6 rings (SSSR count). The van der Waals surface area contributed by atoms with Crippen molar-refractivity contribution in [2.24, 2.45) is 35.4 Å². The first-order valence-corrected chi connectivity index (χ1v) is 23.7. The third-order valence-corrected chi connectivity index (χ3v) is 14.6. The number of cyclic esters (lactones) is 1. The second-order valence-electron chi connectivity index (χ2n) is 18.9. The average molecular weight is 925 g/mol. The quantitative estimate of drug-likeness (QED) is 0.0720. The first-order valence-electron chi connectivity index (χ1n) is 22.8. The first-order chi connectivity index (χ1) is 30.8. The summed E-state index contributed by atoms with van der Waals surface area (Å²) in [7, 11) is 3.48. The van der Waals surface area contributed by atoms with E-state index in [1.807, 2.05) is 47.6 Å². The summed E-state index contributed by atoms with van der Waals surface area (Å²) in [4.78, 5) is 57.6. The number of hydrazine groups is 1. The summed E-state index contributed by atoms with van der Waals surface area (Å²) < 4.78 is 36.6. The van der Waals surface area contributed by atoms with Gasteiger partial charge in [-0.2, -0.15) is 0 Å². The van der Waals surface area contributed by atoms with Gasteiger partial charge in [-0.1, -0.05) is 44.3 Å². The lowest BCUT2D eigenvalue weighted by Gasteiger charge is -2.47. The lowest BCUT2D eigenvalue weighted by atomic mass is 9.73. The molecule has 13 atom stereocenters. The minimum Gasteiger partial charge on any atom is -0.494 e. The minimum atomic E-state index is -1.47. The molecule has 2 aliphatic heterocycles. The SMILES string of the molecule is CC[C@H]1OC(=O)[C@H](C)C(=O)[C@H](C)[C@@H](O[C@@H]2C[C@H](C)C[C@H](N(C)CCc3cn(CCCOc4ccc(-c5csnn5)cc4)nn3)[C@H]2O)[C@](C)(OC)C[C@@H](C)C(=O)[C@H](C)[C@H]2N(N)C(=O)O[C@]12C. The van der Waals surface area contributed by atoms with E-state index in [0.29, 0.717) is 39.0 Å². The van der Waals surface area contributed by atoms with E-state index >= 15 is 0 Å². The van der Waals surface area contributed by atoms with Crippen LogP contribution < -0.4 is 10.6 Å². The fourth-order valence-electron chi connectivity index (χ4n) is 10.3. The number of Topliss-reactive ketones (excluding diaryl/α,β-unsaturated/α-hetero) is 2. The summed E-state index contributed by atoms with van der Waals surface area (Å²) >= 11 is 1.31. The Morgan fingerprint density at radius 2 is 1.74 bits per heavy atom. The molecule has 1 saturated carbocycles. The van der Waals surface area contributed by atoms with Crippen molar-refractivity contribution in [2.75, 3.05) is 27.3 Å². The van der Waals surface area contributed by atoms with Crippen molar-refractivity contribution in [2.45, 2.75) is 148 Å². The summed E-state index contributed by atoms with van der Waals surface area (Å²) in [5, 5.41) is 27.7. The summed E-state index contributed by atoms with van der Waals surface area (Å²) in [6.45, 7) is 15.7. The first kappa shape index (κ1) is 50.0. The number of nitrogens with two attached hydrogens (primary N) is 1. The number of ketones is 2. The van der Waals surface area contributed by atoms with Gasteiger partial charge in [-0.3, -0.25) is 19.1 Å². The number of aromatic nitrogens is 5. The Labute approximate surface area is 385 Å². The molecule has 1 aliphatic carbocycles. The molecule has 3 aliphatic rings. The van der Waals surface area contributed by atoms with Crippen molar-refractivity contribution in [3.8, 4) is 17.0 Å². The molecular formula is C46H68N8O10S. The van der Waals surface area contributed by atoms with Crippen molar-refractivity contribution in [1.29, 1.82) is 0 Å². The summed E-state index contributed by atoms with van der Waals surface area (Å²) in [5.74, 6) is 2.09. The molecule has 18 nitrogen and oxygen atoms in total. The molecule has 1 amide bonds. The van der Waals surface area contributed by atoms with E-state index in [2.05, 4.69) is 31.7 Å². The predicted octanol–water partition coefficient (Wildman–Crippen LogP) is 4.92. The van der Waals surface area contributed by atoms with Crippen molar-refractivity contribution in [1.82, 2.24) is 34.5 Å². The molecule has 2 saturated heterocycles. The van der Waals surface area contributed by atoms with Crippen LogP contribution in [-0.4, -0.2) is 138 Å². The van der Waals surface area contributed by atoms with Crippen LogP contribution in [0.25, 0.3) is 11.3 Å². The molecule has 0 radical (unpaired) electrons. The van der Waals surface area contributed by atoms with Crippen molar-refractivity contribution >= 4 is 35.2 Å². The van der Waals surface area contributed by atoms with Crippen LogP contribution >= 0.6 is 11.5 Å². The molecule has 358 valence electrons. The van der Waals surface area contributed by atoms with E-state index in [9.17, 15) is 24.3 Å². The number of nitrogens with zero attached hydrogens (tertiary/aromatic N) is 7.